The van der Waals surface area contributed by atoms with Crippen molar-refractivity contribution in [1.29, 1.82) is 0 Å². The number of hydrogen-bond acceptors (Lipinski definition) is 6. The van der Waals surface area contributed by atoms with Crippen LogP contribution in [0.3, 0.4) is 0 Å². The third kappa shape index (κ3) is 5.88. The molecule has 2 N–H and O–H groups in total. The van der Waals surface area contributed by atoms with Crippen LogP contribution in [0.5, 0.6) is 5.75 Å². The molecule has 0 saturated heterocycles. The predicted octanol–water partition coefficient (Wildman–Crippen LogP) is 7.56. The van der Waals surface area contributed by atoms with Gasteiger partial charge >= 0.3 is 0 Å². The normalized spacial score (nSPS) is 14.5. The molecule has 3 aromatic carbocycles. The Morgan fingerprint density at radius 3 is 2.70 bits per heavy atom. The number of allylic oxidation sites excluding steroid dienone is 1. The number of aromatic nitrogens is 3. The lowest BCUT2D eigenvalue weighted by atomic mass is 9.94. The van der Waals surface area contributed by atoms with Crippen LogP contribution in [0.25, 0.3) is 0 Å². The van der Waals surface area contributed by atoms with Gasteiger partial charge in [0, 0.05) is 27.7 Å². The van der Waals surface area contributed by atoms with Crippen molar-refractivity contribution in [3.63, 3.8) is 0 Å². The molecule has 0 saturated carbocycles. The van der Waals surface area contributed by atoms with Crippen LogP contribution in [0.1, 0.15) is 48.6 Å². The lowest BCUT2D eigenvalue weighted by molar-refractivity contribution is -0.113. The fraction of sp³-hybridized carbons (Fsp3) is 0.258. The van der Waals surface area contributed by atoms with Crippen LogP contribution in [-0.2, 0) is 11.4 Å². The minimum Gasteiger partial charge on any atom is -0.489 e. The number of aryl methyl sites for hydroxylation is 1. The summed E-state index contributed by atoms with van der Waals surface area (Å²) in [6.45, 7) is 8.40. The molecule has 40 heavy (non-hydrogen) atoms. The molecule has 1 unspecified atom stereocenters. The number of carbonyl (C=O) groups excluding carboxylic acids is 1. The van der Waals surface area contributed by atoms with E-state index in [2.05, 4.69) is 17.6 Å². The first kappa shape index (κ1) is 27.8. The van der Waals surface area contributed by atoms with E-state index in [1.54, 1.807) is 16.4 Å². The first-order valence-corrected chi connectivity index (χ1v) is 14.6. The van der Waals surface area contributed by atoms with Crippen LogP contribution >= 0.6 is 23.4 Å². The fourth-order valence-corrected chi connectivity index (χ4v) is 5.49. The highest BCUT2D eigenvalue weighted by Crippen LogP contribution is 2.38. The first-order chi connectivity index (χ1) is 19.4. The molecule has 0 spiro atoms. The Labute approximate surface area is 244 Å². The average Bonchev–Trinajstić information content (AvgIpc) is 3.35. The molecule has 1 amide bonds. The van der Waals surface area contributed by atoms with Gasteiger partial charge in [-0.15, -0.1) is 5.10 Å². The fourth-order valence-electron chi connectivity index (χ4n) is 4.62. The molecular formula is C31H32ClN5O2S. The smallest absolute Gasteiger partial charge is 0.255 e. The number of benzene rings is 3. The number of amides is 1. The van der Waals surface area contributed by atoms with E-state index in [4.69, 9.17) is 26.4 Å². The summed E-state index contributed by atoms with van der Waals surface area (Å²) in [5, 5.41) is 12.6. The highest BCUT2D eigenvalue weighted by Gasteiger charge is 2.35. The minimum atomic E-state index is -0.506. The van der Waals surface area contributed by atoms with E-state index in [0.717, 1.165) is 45.8 Å². The zero-order chi connectivity index (χ0) is 28.2. The van der Waals surface area contributed by atoms with E-state index in [0.29, 0.717) is 34.1 Å². The van der Waals surface area contributed by atoms with Gasteiger partial charge in [-0.2, -0.15) is 4.98 Å². The van der Waals surface area contributed by atoms with Gasteiger partial charge in [-0.3, -0.25) is 4.79 Å². The lowest BCUT2D eigenvalue weighted by Gasteiger charge is -2.29. The number of ether oxygens (including phenoxy) is 1. The Morgan fingerprint density at radius 2 is 1.90 bits per heavy atom. The summed E-state index contributed by atoms with van der Waals surface area (Å²) in [5.41, 5.74) is 5.98. The van der Waals surface area contributed by atoms with Gasteiger partial charge < -0.3 is 15.4 Å². The summed E-state index contributed by atoms with van der Waals surface area (Å²) < 4.78 is 7.93. The molecule has 1 aliphatic rings. The number of fused-ring (bicyclic) bond motifs is 1. The Kier molecular flexibility index (Phi) is 8.47. The number of nitrogens with one attached hydrogen (secondary N) is 2. The van der Waals surface area contributed by atoms with Crippen molar-refractivity contribution in [2.75, 3.05) is 16.4 Å². The van der Waals surface area contributed by atoms with Crippen molar-refractivity contribution in [2.45, 2.75) is 51.9 Å². The van der Waals surface area contributed by atoms with Gasteiger partial charge in [-0.1, -0.05) is 72.8 Å². The van der Waals surface area contributed by atoms with Crippen molar-refractivity contribution >= 4 is 40.9 Å². The van der Waals surface area contributed by atoms with Crippen molar-refractivity contribution < 1.29 is 9.53 Å². The molecule has 0 bridgehead atoms. The average molecular weight is 574 g/mol. The van der Waals surface area contributed by atoms with Crippen molar-refractivity contribution in [1.82, 2.24) is 14.8 Å². The summed E-state index contributed by atoms with van der Waals surface area (Å²) in [4.78, 5) is 18.6. The van der Waals surface area contributed by atoms with Gasteiger partial charge in [0.2, 0.25) is 11.1 Å². The Morgan fingerprint density at radius 1 is 1.10 bits per heavy atom. The molecule has 0 radical (unpaired) electrons. The molecule has 4 aromatic rings. The molecule has 1 atom stereocenters. The van der Waals surface area contributed by atoms with Crippen LogP contribution < -0.4 is 15.4 Å². The predicted molar refractivity (Wildman–Crippen MR) is 162 cm³/mol. The zero-order valence-electron chi connectivity index (χ0n) is 23.0. The number of anilines is 2. The number of nitrogens with zero attached hydrogens (tertiary/aromatic N) is 3. The summed E-state index contributed by atoms with van der Waals surface area (Å²) in [6, 6.07) is 20.8. The minimum absolute atomic E-state index is 0.199. The molecule has 1 aromatic heterocycles. The Balaban J connectivity index is 1.51. The monoisotopic (exact) mass is 573 g/mol. The number of thioether (sulfide) groups is 1. The van der Waals surface area contributed by atoms with E-state index in [1.807, 2.05) is 87.5 Å². The second kappa shape index (κ2) is 12.2. The molecule has 5 rings (SSSR count). The molecule has 206 valence electrons. The lowest BCUT2D eigenvalue weighted by Crippen LogP contribution is -2.31. The van der Waals surface area contributed by atoms with E-state index >= 15 is 0 Å². The molecule has 9 heteroatoms. The third-order valence-corrected chi connectivity index (χ3v) is 8.30. The number of halogens is 1. The van der Waals surface area contributed by atoms with Crippen molar-refractivity contribution in [2.24, 2.45) is 0 Å². The highest BCUT2D eigenvalue weighted by molar-refractivity contribution is 7.99. The second-order valence-electron chi connectivity index (χ2n) is 9.73. The van der Waals surface area contributed by atoms with Gasteiger partial charge in [0.05, 0.1) is 5.57 Å². The molecule has 1 aliphatic heterocycles. The van der Waals surface area contributed by atoms with Crippen molar-refractivity contribution in [3.05, 3.63) is 105 Å². The quantitative estimate of drug-likeness (QED) is 0.201. The maximum absolute atomic E-state index is 13.9. The maximum atomic E-state index is 13.9. The largest absolute Gasteiger partial charge is 0.489 e. The van der Waals surface area contributed by atoms with E-state index < -0.39 is 6.04 Å². The van der Waals surface area contributed by atoms with E-state index in [1.165, 1.54) is 0 Å². The standard InChI is InChI=1S/C31H32ClN5O2S/c1-5-16-40-31-35-30-33-21(4)27(29(38)34-26-15-8-10-19(2)20(26)3)28(37(30)36-31)22-12-9-13-24(17-22)39-18-23-11-6-7-14-25(23)32/h6-15,17,28H,5,16,18H2,1-4H3,(H,34,38)(H,33,35,36). The number of rotatable bonds is 9. The van der Waals surface area contributed by atoms with Crippen LogP contribution in [0.2, 0.25) is 5.02 Å². The summed E-state index contributed by atoms with van der Waals surface area (Å²) >= 11 is 7.94. The van der Waals surface area contributed by atoms with E-state index in [-0.39, 0.29) is 5.91 Å². The summed E-state index contributed by atoms with van der Waals surface area (Å²) in [5.74, 6) is 1.98. The molecule has 0 aliphatic carbocycles. The molecule has 2 heterocycles. The zero-order valence-corrected chi connectivity index (χ0v) is 24.6. The Hall–Kier alpha value is -3.75. The van der Waals surface area contributed by atoms with Gasteiger partial charge in [-0.05, 0) is 68.1 Å². The molecule has 7 nitrogen and oxygen atoms in total. The SMILES string of the molecule is CCCSc1nc2n(n1)C(c1cccc(OCc3ccccc3Cl)c1)C(C(=O)Nc1cccc(C)c1C)=C(C)N2. The second-order valence-corrected chi connectivity index (χ2v) is 11.2. The number of hydrogen-bond donors (Lipinski definition) is 2. The molecular weight excluding hydrogens is 542 g/mol. The van der Waals surface area contributed by atoms with Crippen LogP contribution in [0, 0.1) is 13.8 Å². The number of carbonyl (C=O) groups is 1. The first-order valence-electron chi connectivity index (χ1n) is 13.3. The Bertz CT molecular complexity index is 1580. The van der Waals surface area contributed by atoms with Gasteiger partial charge in [0.25, 0.3) is 5.91 Å². The maximum Gasteiger partial charge on any atom is 0.255 e. The topological polar surface area (TPSA) is 81.1 Å². The van der Waals surface area contributed by atoms with Gasteiger partial charge in [0.1, 0.15) is 18.4 Å². The van der Waals surface area contributed by atoms with Gasteiger partial charge in [0.15, 0.2) is 0 Å². The van der Waals surface area contributed by atoms with Crippen molar-refractivity contribution in [3.8, 4) is 5.75 Å². The highest BCUT2D eigenvalue weighted by atomic mass is 35.5. The van der Waals surface area contributed by atoms with Crippen LogP contribution in [0.4, 0.5) is 11.6 Å². The van der Waals surface area contributed by atoms with E-state index in [9.17, 15) is 4.79 Å². The van der Waals surface area contributed by atoms with Gasteiger partial charge in [-0.25, -0.2) is 4.68 Å². The van der Waals surface area contributed by atoms with Crippen LogP contribution in [-0.4, -0.2) is 26.4 Å². The summed E-state index contributed by atoms with van der Waals surface area (Å²) in [7, 11) is 0. The third-order valence-electron chi connectivity index (χ3n) is 6.89. The molecule has 0 fully saturated rings. The van der Waals surface area contributed by atoms with Crippen LogP contribution in [0.15, 0.2) is 83.2 Å². The summed E-state index contributed by atoms with van der Waals surface area (Å²) in [6.07, 6.45) is 1.01.